The molecule has 3 aromatic rings. The number of carbonyl (C=O) groups excluding carboxylic acids is 1. The molecule has 6 heteroatoms. The van der Waals surface area contributed by atoms with Gasteiger partial charge in [-0.2, -0.15) is 11.8 Å². The van der Waals surface area contributed by atoms with Crippen LogP contribution in [0.5, 0.6) is 0 Å². The number of para-hydroxylation sites is 2. The SMILES string of the molecule is CSCCC(NC(=O)NCc1ccccc1)c1nc2ccccc2[nH]1. The number of hydrogen-bond donors (Lipinski definition) is 3. The summed E-state index contributed by atoms with van der Waals surface area (Å²) in [6, 6.07) is 17.4. The number of benzene rings is 2. The third kappa shape index (κ3) is 4.76. The average Bonchev–Trinajstić information content (AvgIpc) is 3.08. The molecule has 130 valence electrons. The molecule has 0 aliphatic rings. The maximum absolute atomic E-state index is 12.3. The minimum Gasteiger partial charge on any atom is -0.340 e. The number of aromatic amines is 1. The van der Waals surface area contributed by atoms with Crippen LogP contribution in [0.25, 0.3) is 11.0 Å². The van der Waals surface area contributed by atoms with E-state index < -0.39 is 0 Å². The number of amides is 2. The van der Waals surface area contributed by atoms with Crippen LogP contribution in [0.3, 0.4) is 0 Å². The van der Waals surface area contributed by atoms with Gasteiger partial charge in [0.2, 0.25) is 0 Å². The normalized spacial score (nSPS) is 12.0. The molecule has 5 nitrogen and oxygen atoms in total. The zero-order valence-electron chi connectivity index (χ0n) is 14.2. The summed E-state index contributed by atoms with van der Waals surface area (Å²) < 4.78 is 0. The molecule has 25 heavy (non-hydrogen) atoms. The predicted molar refractivity (Wildman–Crippen MR) is 104 cm³/mol. The molecule has 1 atom stereocenters. The van der Waals surface area contributed by atoms with Crippen LogP contribution >= 0.6 is 11.8 Å². The number of nitrogens with one attached hydrogen (secondary N) is 3. The first-order chi connectivity index (χ1) is 12.3. The molecule has 1 unspecified atom stereocenters. The summed E-state index contributed by atoms with van der Waals surface area (Å²) in [5.74, 6) is 1.74. The molecule has 1 heterocycles. The Bertz CT molecular complexity index is 785. The topological polar surface area (TPSA) is 69.8 Å². The van der Waals surface area contributed by atoms with Crippen molar-refractivity contribution < 1.29 is 4.79 Å². The van der Waals surface area contributed by atoms with E-state index in [0.29, 0.717) is 6.54 Å². The van der Waals surface area contributed by atoms with Crippen LogP contribution in [0.1, 0.15) is 23.9 Å². The Balaban J connectivity index is 1.66. The lowest BCUT2D eigenvalue weighted by atomic mass is 10.2. The first-order valence-corrected chi connectivity index (χ1v) is 9.67. The second-order valence-electron chi connectivity index (χ2n) is 5.79. The van der Waals surface area contributed by atoms with Crippen LogP contribution in [0.15, 0.2) is 54.6 Å². The molecule has 1 aromatic heterocycles. The first-order valence-electron chi connectivity index (χ1n) is 8.28. The molecule has 0 spiro atoms. The second-order valence-corrected chi connectivity index (χ2v) is 6.77. The Morgan fingerprint density at radius 2 is 1.92 bits per heavy atom. The van der Waals surface area contributed by atoms with Crippen molar-refractivity contribution in [2.24, 2.45) is 0 Å². The lowest BCUT2D eigenvalue weighted by Crippen LogP contribution is -2.38. The molecule has 0 aliphatic heterocycles. The zero-order chi connectivity index (χ0) is 17.5. The number of hydrogen-bond acceptors (Lipinski definition) is 3. The van der Waals surface area contributed by atoms with Crippen LogP contribution in [0, 0.1) is 0 Å². The molecule has 0 saturated heterocycles. The molecule has 0 fully saturated rings. The lowest BCUT2D eigenvalue weighted by Gasteiger charge is -2.17. The molecule has 2 aromatic carbocycles. The van der Waals surface area contributed by atoms with Crippen molar-refractivity contribution in [3.05, 3.63) is 66.0 Å². The van der Waals surface area contributed by atoms with Crippen LogP contribution in [0.2, 0.25) is 0 Å². The summed E-state index contributed by atoms with van der Waals surface area (Å²) >= 11 is 1.76. The molecule has 2 amide bonds. The number of rotatable bonds is 7. The number of urea groups is 1. The number of fused-ring (bicyclic) bond motifs is 1. The van der Waals surface area contributed by atoms with Crippen molar-refractivity contribution in [2.45, 2.75) is 19.0 Å². The molecular weight excluding hydrogens is 332 g/mol. The molecule has 0 bridgehead atoms. The number of nitrogens with zero attached hydrogens (tertiary/aromatic N) is 1. The van der Waals surface area contributed by atoms with Gasteiger partial charge in [0.25, 0.3) is 0 Å². The van der Waals surface area contributed by atoms with Crippen molar-refractivity contribution in [1.82, 2.24) is 20.6 Å². The Hall–Kier alpha value is -2.47. The summed E-state index contributed by atoms with van der Waals surface area (Å²) in [4.78, 5) is 20.3. The van der Waals surface area contributed by atoms with E-state index >= 15 is 0 Å². The van der Waals surface area contributed by atoms with Crippen LogP contribution in [0.4, 0.5) is 4.79 Å². The Kier molecular flexibility index (Phi) is 5.95. The fourth-order valence-corrected chi connectivity index (χ4v) is 3.11. The predicted octanol–water partition coefficient (Wildman–Crippen LogP) is 3.86. The number of imidazole rings is 1. The van der Waals surface area contributed by atoms with Gasteiger partial charge in [0, 0.05) is 6.54 Å². The lowest BCUT2D eigenvalue weighted by molar-refractivity contribution is 0.236. The molecule has 3 N–H and O–H groups in total. The summed E-state index contributed by atoms with van der Waals surface area (Å²) in [6.07, 6.45) is 2.88. The Labute approximate surface area is 151 Å². The highest BCUT2D eigenvalue weighted by Crippen LogP contribution is 2.19. The van der Waals surface area contributed by atoms with E-state index in [2.05, 4.69) is 26.9 Å². The zero-order valence-corrected chi connectivity index (χ0v) is 15.0. The Morgan fingerprint density at radius 3 is 2.68 bits per heavy atom. The second kappa shape index (κ2) is 8.58. The van der Waals surface area contributed by atoms with Crippen molar-refractivity contribution in [2.75, 3.05) is 12.0 Å². The summed E-state index contributed by atoms with van der Waals surface area (Å²) in [5.41, 5.74) is 2.97. The third-order valence-corrected chi connectivity index (χ3v) is 4.59. The first kappa shape index (κ1) is 17.4. The van der Waals surface area contributed by atoms with E-state index in [1.807, 2.05) is 54.6 Å². The van der Waals surface area contributed by atoms with E-state index in [4.69, 9.17) is 0 Å². The van der Waals surface area contributed by atoms with E-state index in [1.165, 1.54) is 0 Å². The average molecular weight is 354 g/mol. The van der Waals surface area contributed by atoms with Gasteiger partial charge in [0.1, 0.15) is 5.82 Å². The monoisotopic (exact) mass is 354 g/mol. The Morgan fingerprint density at radius 1 is 1.16 bits per heavy atom. The van der Waals surface area contributed by atoms with Gasteiger partial charge >= 0.3 is 6.03 Å². The van der Waals surface area contributed by atoms with Crippen molar-refractivity contribution >= 4 is 28.8 Å². The van der Waals surface area contributed by atoms with Gasteiger partial charge in [-0.05, 0) is 36.1 Å². The smallest absolute Gasteiger partial charge is 0.315 e. The van der Waals surface area contributed by atoms with Gasteiger partial charge in [-0.1, -0.05) is 42.5 Å². The van der Waals surface area contributed by atoms with Crippen LogP contribution in [-0.2, 0) is 6.54 Å². The van der Waals surface area contributed by atoms with E-state index in [1.54, 1.807) is 11.8 Å². The van der Waals surface area contributed by atoms with E-state index in [9.17, 15) is 4.79 Å². The third-order valence-electron chi connectivity index (χ3n) is 3.95. The summed E-state index contributed by atoms with van der Waals surface area (Å²) in [6.45, 7) is 0.502. The highest BCUT2D eigenvalue weighted by Gasteiger charge is 2.18. The molecular formula is C19H22N4OS. The maximum atomic E-state index is 12.3. The van der Waals surface area contributed by atoms with Gasteiger partial charge in [-0.3, -0.25) is 0 Å². The fourth-order valence-electron chi connectivity index (χ4n) is 2.64. The van der Waals surface area contributed by atoms with Gasteiger partial charge < -0.3 is 15.6 Å². The summed E-state index contributed by atoms with van der Waals surface area (Å²) in [5, 5.41) is 5.95. The molecule has 0 aliphatic carbocycles. The van der Waals surface area contributed by atoms with Crippen molar-refractivity contribution in [3.63, 3.8) is 0 Å². The quantitative estimate of drug-likeness (QED) is 0.603. The maximum Gasteiger partial charge on any atom is 0.315 e. The highest BCUT2D eigenvalue weighted by atomic mass is 32.2. The standard InChI is InChI=1S/C19H22N4OS/c1-25-12-11-17(18-21-15-9-5-6-10-16(15)22-18)23-19(24)20-13-14-7-3-2-4-8-14/h2-10,17H,11-13H2,1H3,(H,21,22)(H2,20,23,24). The van der Waals surface area contributed by atoms with Crippen LogP contribution in [-0.4, -0.2) is 28.0 Å². The van der Waals surface area contributed by atoms with E-state index in [0.717, 1.165) is 34.6 Å². The molecule has 0 saturated carbocycles. The summed E-state index contributed by atoms with van der Waals surface area (Å²) in [7, 11) is 0. The van der Waals surface area contributed by atoms with E-state index in [-0.39, 0.29) is 12.1 Å². The van der Waals surface area contributed by atoms with Gasteiger partial charge in [0.05, 0.1) is 17.1 Å². The van der Waals surface area contributed by atoms with Crippen LogP contribution < -0.4 is 10.6 Å². The number of carbonyl (C=O) groups is 1. The van der Waals surface area contributed by atoms with Crippen molar-refractivity contribution in [3.8, 4) is 0 Å². The largest absolute Gasteiger partial charge is 0.340 e. The number of H-pyrrole nitrogens is 1. The number of aromatic nitrogens is 2. The molecule has 0 radical (unpaired) electrons. The fraction of sp³-hybridized carbons (Fsp3) is 0.263. The van der Waals surface area contributed by atoms with Gasteiger partial charge in [-0.25, -0.2) is 9.78 Å². The number of thioether (sulfide) groups is 1. The minimum absolute atomic E-state index is 0.143. The van der Waals surface area contributed by atoms with Crippen molar-refractivity contribution in [1.29, 1.82) is 0 Å². The minimum atomic E-state index is -0.185. The van der Waals surface area contributed by atoms with Gasteiger partial charge in [0.15, 0.2) is 0 Å². The molecule has 3 rings (SSSR count). The highest BCUT2D eigenvalue weighted by molar-refractivity contribution is 7.98. The van der Waals surface area contributed by atoms with Gasteiger partial charge in [-0.15, -0.1) is 0 Å².